The van der Waals surface area contributed by atoms with Crippen LogP contribution in [0.1, 0.15) is 17.3 Å². The molecular weight excluding hydrogens is 462 g/mol. The van der Waals surface area contributed by atoms with Gasteiger partial charge in [0.25, 0.3) is 5.91 Å². The molecular formula is C19H21N3O6S3. The summed E-state index contributed by atoms with van der Waals surface area (Å²) in [6.07, 6.45) is 1.02. The van der Waals surface area contributed by atoms with Gasteiger partial charge in [-0.05, 0) is 37.3 Å². The average molecular weight is 484 g/mol. The highest BCUT2D eigenvalue weighted by atomic mass is 32.2. The van der Waals surface area contributed by atoms with Crippen LogP contribution in [0.5, 0.6) is 0 Å². The van der Waals surface area contributed by atoms with Crippen LogP contribution in [0.15, 0.2) is 57.2 Å². The number of sulfonamides is 1. The van der Waals surface area contributed by atoms with Crippen molar-refractivity contribution in [2.75, 3.05) is 19.5 Å². The van der Waals surface area contributed by atoms with Crippen molar-refractivity contribution < 1.29 is 26.4 Å². The number of benzene rings is 2. The van der Waals surface area contributed by atoms with Crippen molar-refractivity contribution in [1.82, 2.24) is 4.57 Å². The minimum Gasteiger partial charge on any atom is -0.380 e. The Morgan fingerprint density at radius 3 is 2.52 bits per heavy atom. The molecule has 2 N–H and O–H groups in total. The van der Waals surface area contributed by atoms with Gasteiger partial charge in [0.15, 0.2) is 14.6 Å². The molecule has 12 heteroatoms. The number of nitrogens with zero attached hydrogens (tertiary/aromatic N) is 2. The number of carbonyl (C=O) groups is 1. The fraction of sp³-hybridized carbons (Fsp3) is 0.263. The second-order valence-corrected chi connectivity index (χ2v) is 11.1. The number of fused-ring (bicyclic) bond motifs is 1. The van der Waals surface area contributed by atoms with E-state index >= 15 is 0 Å². The first-order chi connectivity index (χ1) is 14.5. The number of rotatable bonds is 7. The Hall–Kier alpha value is -2.38. The van der Waals surface area contributed by atoms with Crippen LogP contribution in [-0.2, 0) is 31.1 Å². The lowest BCUT2D eigenvalue weighted by molar-refractivity contribution is 0.0993. The van der Waals surface area contributed by atoms with Crippen LogP contribution in [0, 0.1) is 0 Å². The highest BCUT2D eigenvalue weighted by Crippen LogP contribution is 2.22. The molecule has 9 nitrogen and oxygen atoms in total. The molecule has 0 saturated carbocycles. The van der Waals surface area contributed by atoms with E-state index in [1.54, 1.807) is 16.7 Å². The van der Waals surface area contributed by atoms with Crippen molar-refractivity contribution in [1.29, 1.82) is 0 Å². The lowest BCUT2D eigenvalue weighted by atomic mass is 10.2. The molecule has 3 aromatic rings. The minimum atomic E-state index is -3.90. The summed E-state index contributed by atoms with van der Waals surface area (Å²) in [7, 11) is -7.53. The zero-order chi connectivity index (χ0) is 22.8. The molecule has 166 valence electrons. The maximum Gasteiger partial charge on any atom is 0.280 e. The molecule has 0 fully saturated rings. The Morgan fingerprint density at radius 2 is 1.87 bits per heavy atom. The van der Waals surface area contributed by atoms with Gasteiger partial charge in [0.05, 0.1) is 32.2 Å². The Bertz CT molecular complexity index is 1420. The number of amides is 1. The molecule has 0 saturated heterocycles. The third kappa shape index (κ3) is 5.28. The molecule has 0 spiro atoms. The standard InChI is InChI=1S/C19H21N3O6S3/c1-3-28-11-10-22-15-9-8-13(31(20,26)27)12-16(15)29-19(22)21-18(23)14-6-4-5-7-17(14)30(2,24)25/h4-9,12H,3,10-11H2,1-2H3,(H2,20,26,27). The molecule has 3 rings (SSSR count). The summed E-state index contributed by atoms with van der Waals surface area (Å²) >= 11 is 1.10. The fourth-order valence-electron chi connectivity index (χ4n) is 2.95. The van der Waals surface area contributed by atoms with E-state index in [-0.39, 0.29) is 20.2 Å². The van der Waals surface area contributed by atoms with Gasteiger partial charge in [-0.3, -0.25) is 4.79 Å². The average Bonchev–Trinajstić information content (AvgIpc) is 3.03. The van der Waals surface area contributed by atoms with Crippen molar-refractivity contribution in [2.45, 2.75) is 23.3 Å². The number of carbonyl (C=O) groups excluding carboxylic acids is 1. The number of nitrogens with two attached hydrogens (primary N) is 1. The molecule has 1 heterocycles. The lowest BCUT2D eigenvalue weighted by Crippen LogP contribution is -2.20. The van der Waals surface area contributed by atoms with E-state index < -0.39 is 25.8 Å². The largest absolute Gasteiger partial charge is 0.380 e. The van der Waals surface area contributed by atoms with E-state index in [2.05, 4.69) is 4.99 Å². The summed E-state index contributed by atoms with van der Waals surface area (Å²) in [5.41, 5.74) is 0.615. The zero-order valence-corrected chi connectivity index (χ0v) is 19.3. The number of aromatic nitrogens is 1. The second kappa shape index (κ2) is 9.01. The number of hydrogen-bond donors (Lipinski definition) is 1. The monoisotopic (exact) mass is 483 g/mol. The van der Waals surface area contributed by atoms with Gasteiger partial charge in [-0.25, -0.2) is 22.0 Å². The van der Waals surface area contributed by atoms with Crippen molar-refractivity contribution >= 4 is 47.3 Å². The third-order valence-corrected chi connectivity index (χ3v) is 7.47. The maximum atomic E-state index is 12.9. The van der Waals surface area contributed by atoms with E-state index in [1.165, 1.54) is 30.3 Å². The van der Waals surface area contributed by atoms with Crippen LogP contribution < -0.4 is 9.94 Å². The zero-order valence-electron chi connectivity index (χ0n) is 16.8. The van der Waals surface area contributed by atoms with E-state index in [0.29, 0.717) is 30.0 Å². The van der Waals surface area contributed by atoms with Gasteiger partial charge in [-0.1, -0.05) is 23.5 Å². The quantitative estimate of drug-likeness (QED) is 0.506. The number of primary sulfonamides is 1. The predicted octanol–water partition coefficient (Wildman–Crippen LogP) is 1.53. The van der Waals surface area contributed by atoms with Gasteiger partial charge in [0, 0.05) is 19.4 Å². The maximum absolute atomic E-state index is 12.9. The summed E-state index contributed by atoms with van der Waals surface area (Å²) < 4.78 is 55.2. The molecule has 0 unspecified atom stereocenters. The van der Waals surface area contributed by atoms with Gasteiger partial charge in [0.2, 0.25) is 10.0 Å². The van der Waals surface area contributed by atoms with Gasteiger partial charge in [-0.2, -0.15) is 4.99 Å². The van der Waals surface area contributed by atoms with E-state index in [9.17, 15) is 21.6 Å². The van der Waals surface area contributed by atoms with Gasteiger partial charge in [-0.15, -0.1) is 0 Å². The number of thiazole rings is 1. The summed E-state index contributed by atoms with van der Waals surface area (Å²) in [4.78, 5) is 17.2. The summed E-state index contributed by atoms with van der Waals surface area (Å²) in [6, 6.07) is 10.2. The number of hydrogen-bond acceptors (Lipinski definition) is 7. The summed E-state index contributed by atoms with van der Waals surface area (Å²) in [5.74, 6) is -0.718. The Labute approximate surface area is 183 Å². The molecule has 0 bridgehead atoms. The molecule has 0 radical (unpaired) electrons. The lowest BCUT2D eigenvalue weighted by Gasteiger charge is -2.06. The van der Waals surface area contributed by atoms with Crippen LogP contribution in [0.3, 0.4) is 0 Å². The molecule has 1 aromatic heterocycles. The fourth-order valence-corrected chi connectivity index (χ4v) is 5.53. The smallest absolute Gasteiger partial charge is 0.280 e. The molecule has 0 aliphatic heterocycles. The third-order valence-electron chi connectivity index (χ3n) is 4.36. The molecule has 0 atom stereocenters. The predicted molar refractivity (Wildman–Crippen MR) is 117 cm³/mol. The van der Waals surface area contributed by atoms with E-state index in [0.717, 1.165) is 17.6 Å². The molecule has 0 aliphatic carbocycles. The minimum absolute atomic E-state index is 0.0379. The van der Waals surface area contributed by atoms with Crippen molar-refractivity contribution in [3.63, 3.8) is 0 Å². The topological polar surface area (TPSA) is 138 Å². The van der Waals surface area contributed by atoms with Crippen LogP contribution in [0.2, 0.25) is 0 Å². The highest BCUT2D eigenvalue weighted by molar-refractivity contribution is 7.90. The molecule has 31 heavy (non-hydrogen) atoms. The SMILES string of the molecule is CCOCCn1c(=NC(=O)c2ccccc2S(C)(=O)=O)sc2cc(S(N)(=O)=O)ccc21. The van der Waals surface area contributed by atoms with E-state index in [1.807, 2.05) is 6.92 Å². The van der Waals surface area contributed by atoms with Gasteiger partial charge < -0.3 is 9.30 Å². The van der Waals surface area contributed by atoms with Gasteiger partial charge >= 0.3 is 0 Å². The normalized spacial score (nSPS) is 13.1. The van der Waals surface area contributed by atoms with Gasteiger partial charge in [0.1, 0.15) is 0 Å². The van der Waals surface area contributed by atoms with E-state index in [4.69, 9.17) is 9.88 Å². The summed E-state index contributed by atoms with van der Waals surface area (Å²) in [5, 5.41) is 5.22. The molecule has 2 aromatic carbocycles. The second-order valence-electron chi connectivity index (χ2n) is 6.59. The van der Waals surface area contributed by atoms with Crippen LogP contribution in [0.4, 0.5) is 0 Å². The Balaban J connectivity index is 2.19. The molecule has 1 amide bonds. The highest BCUT2D eigenvalue weighted by Gasteiger charge is 2.19. The summed E-state index contributed by atoms with van der Waals surface area (Å²) in [6.45, 7) is 3.07. The first kappa shape index (κ1) is 23.3. The number of sulfone groups is 1. The van der Waals surface area contributed by atoms with Crippen molar-refractivity contribution in [2.24, 2.45) is 10.1 Å². The number of ether oxygens (including phenoxy) is 1. The Kier molecular flexibility index (Phi) is 6.76. The Morgan fingerprint density at radius 1 is 1.16 bits per heavy atom. The molecule has 0 aliphatic rings. The van der Waals surface area contributed by atoms with Crippen molar-refractivity contribution in [3.8, 4) is 0 Å². The van der Waals surface area contributed by atoms with Crippen LogP contribution in [0.25, 0.3) is 10.2 Å². The van der Waals surface area contributed by atoms with Crippen LogP contribution >= 0.6 is 11.3 Å². The van der Waals surface area contributed by atoms with Crippen LogP contribution in [-0.4, -0.2) is 46.8 Å². The first-order valence-corrected chi connectivity index (χ1v) is 13.4. The first-order valence-electron chi connectivity index (χ1n) is 9.14. The van der Waals surface area contributed by atoms with Crippen molar-refractivity contribution in [3.05, 3.63) is 52.8 Å².